The second-order valence-electron chi connectivity index (χ2n) is 4.29. The zero-order valence-corrected chi connectivity index (χ0v) is 12.7. The zero-order chi connectivity index (χ0) is 15.3. The quantitative estimate of drug-likeness (QED) is 0.611. The van der Waals surface area contributed by atoms with Crippen LogP contribution in [0.25, 0.3) is 0 Å². The second kappa shape index (κ2) is 6.73. The lowest BCUT2D eigenvalue weighted by molar-refractivity contribution is -0.120. The van der Waals surface area contributed by atoms with Gasteiger partial charge in [-0.2, -0.15) is 0 Å². The van der Waals surface area contributed by atoms with Crippen LogP contribution in [0.3, 0.4) is 0 Å². The molecule has 20 heavy (non-hydrogen) atoms. The molecule has 1 aromatic rings. The van der Waals surface area contributed by atoms with Gasteiger partial charge in [0, 0.05) is 12.2 Å². The third-order valence-electron chi connectivity index (χ3n) is 2.17. The lowest BCUT2D eigenvalue weighted by Gasteiger charge is -2.09. The third-order valence-corrected chi connectivity index (χ3v) is 3.77. The van der Waals surface area contributed by atoms with Gasteiger partial charge >= 0.3 is 0 Å². The molecular weight excluding hydrogens is 300 g/mol. The highest BCUT2D eigenvalue weighted by Gasteiger charge is 2.16. The van der Waals surface area contributed by atoms with E-state index >= 15 is 0 Å². The fourth-order valence-electron chi connectivity index (χ4n) is 1.30. The molecular formula is C11H16N4O3S2. The van der Waals surface area contributed by atoms with E-state index in [1.807, 2.05) is 0 Å². The Kier molecular flexibility index (Phi) is 5.54. The number of sulfonamides is 1. The molecule has 0 aliphatic heterocycles. The Morgan fingerprint density at radius 3 is 2.55 bits per heavy atom. The summed E-state index contributed by atoms with van der Waals surface area (Å²) in [5.74, 6) is -0.406. The topological polar surface area (TPSA) is 114 Å². The van der Waals surface area contributed by atoms with Gasteiger partial charge in [-0.25, -0.2) is 13.1 Å². The molecule has 0 unspecified atom stereocenters. The van der Waals surface area contributed by atoms with Crippen molar-refractivity contribution in [1.29, 1.82) is 0 Å². The fourth-order valence-corrected chi connectivity index (χ4v) is 2.35. The predicted molar refractivity (Wildman–Crippen MR) is 78.6 cm³/mol. The number of nitrogens with zero attached hydrogens (tertiary/aromatic N) is 1. The number of carbonyl (C=O) groups is 1. The molecule has 0 fully saturated rings. The predicted octanol–water partition coefficient (Wildman–Crippen LogP) is -0.481. The maximum absolute atomic E-state index is 11.9. The molecule has 0 saturated carbocycles. The van der Waals surface area contributed by atoms with Crippen molar-refractivity contribution in [2.24, 2.45) is 5.73 Å². The van der Waals surface area contributed by atoms with Crippen molar-refractivity contribution in [2.75, 3.05) is 6.54 Å². The molecule has 7 nitrogen and oxygen atoms in total. The summed E-state index contributed by atoms with van der Waals surface area (Å²) in [7, 11) is -3.79. The number of hydrogen-bond acceptors (Lipinski definition) is 5. The summed E-state index contributed by atoms with van der Waals surface area (Å²) in [5.41, 5.74) is 5.70. The normalized spacial score (nSPS) is 11.3. The highest BCUT2D eigenvalue weighted by molar-refractivity contribution is 7.89. The minimum Gasteiger partial charge on any atom is -0.388 e. The van der Waals surface area contributed by atoms with Crippen molar-refractivity contribution in [1.82, 2.24) is 15.0 Å². The van der Waals surface area contributed by atoms with E-state index in [2.05, 4.69) is 15.0 Å². The van der Waals surface area contributed by atoms with Gasteiger partial charge in [-0.05, 0) is 26.0 Å². The van der Waals surface area contributed by atoms with E-state index in [1.165, 1.54) is 12.1 Å². The van der Waals surface area contributed by atoms with Gasteiger partial charge in [0.05, 0.1) is 12.2 Å². The highest BCUT2D eigenvalue weighted by Crippen LogP contribution is 2.07. The number of pyridine rings is 1. The lowest BCUT2D eigenvalue weighted by atomic mass is 10.3. The van der Waals surface area contributed by atoms with Crippen LogP contribution in [0.15, 0.2) is 23.2 Å². The summed E-state index contributed by atoms with van der Waals surface area (Å²) in [6.07, 6.45) is 1.14. The molecule has 0 aliphatic carbocycles. The Labute approximate surface area is 123 Å². The summed E-state index contributed by atoms with van der Waals surface area (Å²) < 4.78 is 26.0. The van der Waals surface area contributed by atoms with Crippen LogP contribution in [0.5, 0.6) is 0 Å². The van der Waals surface area contributed by atoms with Gasteiger partial charge in [0.2, 0.25) is 15.9 Å². The van der Waals surface area contributed by atoms with Gasteiger partial charge in [0.1, 0.15) is 9.88 Å². The van der Waals surface area contributed by atoms with Gasteiger partial charge in [-0.3, -0.25) is 9.78 Å². The van der Waals surface area contributed by atoms with Crippen molar-refractivity contribution in [3.05, 3.63) is 24.0 Å². The maximum atomic E-state index is 11.9. The number of hydrogen-bond donors (Lipinski definition) is 3. The summed E-state index contributed by atoms with van der Waals surface area (Å²) in [4.78, 5) is 15.2. The molecule has 4 N–H and O–H groups in total. The van der Waals surface area contributed by atoms with Gasteiger partial charge in [0.15, 0.2) is 0 Å². The molecule has 0 aromatic carbocycles. The van der Waals surface area contributed by atoms with Crippen molar-refractivity contribution >= 4 is 33.1 Å². The van der Waals surface area contributed by atoms with Crippen LogP contribution in [-0.4, -0.2) is 36.9 Å². The second-order valence-corrected chi connectivity index (χ2v) is 6.50. The van der Waals surface area contributed by atoms with E-state index in [1.54, 1.807) is 13.8 Å². The first-order valence-corrected chi connectivity index (χ1v) is 7.66. The SMILES string of the molecule is CC(C)NC(=O)CNS(=O)(=O)c1ccc(C(N)=S)nc1. The Balaban J connectivity index is 2.74. The van der Waals surface area contributed by atoms with Crippen molar-refractivity contribution in [3.8, 4) is 0 Å². The van der Waals surface area contributed by atoms with Gasteiger partial charge < -0.3 is 11.1 Å². The molecule has 0 radical (unpaired) electrons. The molecule has 0 aliphatic rings. The first-order valence-electron chi connectivity index (χ1n) is 5.77. The van der Waals surface area contributed by atoms with E-state index in [9.17, 15) is 13.2 Å². The van der Waals surface area contributed by atoms with Gasteiger partial charge in [-0.1, -0.05) is 12.2 Å². The number of nitrogens with one attached hydrogen (secondary N) is 2. The fraction of sp³-hybridized carbons (Fsp3) is 0.364. The van der Waals surface area contributed by atoms with Crippen LogP contribution >= 0.6 is 12.2 Å². The Bertz CT molecular complexity index is 597. The molecule has 0 spiro atoms. The average Bonchev–Trinajstić information content (AvgIpc) is 2.36. The Hall–Kier alpha value is -1.58. The summed E-state index contributed by atoms with van der Waals surface area (Å²) >= 11 is 4.72. The minimum atomic E-state index is -3.79. The molecule has 1 heterocycles. The van der Waals surface area contributed by atoms with Crippen LogP contribution in [0.1, 0.15) is 19.5 Å². The molecule has 1 aromatic heterocycles. The maximum Gasteiger partial charge on any atom is 0.242 e. The number of amides is 1. The van der Waals surface area contributed by atoms with Crippen LogP contribution in [0.4, 0.5) is 0 Å². The number of thiocarbonyl (C=S) groups is 1. The summed E-state index contributed by atoms with van der Waals surface area (Å²) in [5, 5.41) is 2.58. The number of aromatic nitrogens is 1. The first kappa shape index (κ1) is 16.5. The molecule has 0 atom stereocenters. The minimum absolute atomic E-state index is 0.0569. The van der Waals surface area contributed by atoms with Gasteiger partial charge in [0.25, 0.3) is 0 Å². The van der Waals surface area contributed by atoms with E-state index in [0.717, 1.165) is 6.20 Å². The summed E-state index contributed by atoms with van der Waals surface area (Å²) in [6, 6.07) is 2.67. The van der Waals surface area contributed by atoms with E-state index < -0.39 is 15.9 Å². The van der Waals surface area contributed by atoms with Crippen LogP contribution in [0, 0.1) is 0 Å². The monoisotopic (exact) mass is 316 g/mol. The van der Waals surface area contributed by atoms with Crippen molar-refractivity contribution in [2.45, 2.75) is 24.8 Å². The first-order chi connectivity index (χ1) is 9.22. The molecule has 110 valence electrons. The van der Waals surface area contributed by atoms with E-state index in [-0.39, 0.29) is 22.5 Å². The average molecular weight is 316 g/mol. The standard InChI is InChI=1S/C11H16N4O3S2/c1-7(2)15-10(16)6-14-20(17,18)8-3-4-9(11(12)19)13-5-8/h3-5,7,14H,6H2,1-2H3,(H2,12,19)(H,15,16). The van der Waals surface area contributed by atoms with Gasteiger partial charge in [-0.15, -0.1) is 0 Å². The van der Waals surface area contributed by atoms with E-state index in [4.69, 9.17) is 18.0 Å². The summed E-state index contributed by atoms with van der Waals surface area (Å²) in [6.45, 7) is 3.23. The Morgan fingerprint density at radius 2 is 2.10 bits per heavy atom. The van der Waals surface area contributed by atoms with Crippen molar-refractivity contribution < 1.29 is 13.2 Å². The van der Waals surface area contributed by atoms with E-state index in [0.29, 0.717) is 5.69 Å². The Morgan fingerprint density at radius 1 is 1.45 bits per heavy atom. The molecule has 1 rings (SSSR count). The largest absolute Gasteiger partial charge is 0.388 e. The highest BCUT2D eigenvalue weighted by atomic mass is 32.2. The molecule has 9 heteroatoms. The lowest BCUT2D eigenvalue weighted by Crippen LogP contribution is -2.39. The zero-order valence-electron chi connectivity index (χ0n) is 11.1. The molecule has 0 bridgehead atoms. The van der Waals surface area contributed by atoms with Crippen LogP contribution < -0.4 is 15.8 Å². The van der Waals surface area contributed by atoms with Crippen molar-refractivity contribution in [3.63, 3.8) is 0 Å². The number of rotatable bonds is 6. The molecule has 0 saturated heterocycles. The number of nitrogens with two attached hydrogens (primary N) is 1. The number of carbonyl (C=O) groups excluding carboxylic acids is 1. The third kappa shape index (κ3) is 4.83. The smallest absolute Gasteiger partial charge is 0.242 e. The molecule has 1 amide bonds. The van der Waals surface area contributed by atoms with Crippen LogP contribution in [0.2, 0.25) is 0 Å². The van der Waals surface area contributed by atoms with Crippen LogP contribution in [-0.2, 0) is 14.8 Å².